The Morgan fingerprint density at radius 2 is 1.27 bits per heavy atom. The fourth-order valence-corrected chi connectivity index (χ4v) is 5.37. The van der Waals surface area contributed by atoms with Crippen molar-refractivity contribution in [3.8, 4) is 0 Å². The van der Waals surface area contributed by atoms with Gasteiger partial charge >= 0.3 is 18.2 Å². The molecule has 0 aromatic heterocycles. The smallest absolute Gasteiger partial charge is 0.417 e. The van der Waals surface area contributed by atoms with E-state index < -0.39 is 53.5 Å². The molecule has 0 fully saturated rings. The third-order valence-electron chi connectivity index (χ3n) is 8.02. The van der Waals surface area contributed by atoms with Crippen molar-refractivity contribution in [2.75, 3.05) is 0 Å². The third kappa shape index (κ3) is 8.10. The minimum absolute atomic E-state index is 0.0758. The van der Waals surface area contributed by atoms with E-state index in [1.54, 1.807) is 97.1 Å². The number of imide groups is 2. The summed E-state index contributed by atoms with van der Waals surface area (Å²) < 4.78 is 10.6. The number of fused-ring (bicyclic) bond motifs is 1. The number of benzene rings is 4. The third-order valence-corrected chi connectivity index (χ3v) is 8.02. The van der Waals surface area contributed by atoms with Crippen molar-refractivity contribution < 1.29 is 43.3 Å². The second-order valence-electron chi connectivity index (χ2n) is 11.4. The van der Waals surface area contributed by atoms with Gasteiger partial charge in [0.1, 0.15) is 25.3 Å². The van der Waals surface area contributed by atoms with Crippen molar-refractivity contribution in [1.29, 1.82) is 0 Å². The number of carboxylic acids is 1. The van der Waals surface area contributed by atoms with Gasteiger partial charge in [-0.2, -0.15) is 0 Å². The lowest BCUT2D eigenvalue weighted by molar-refractivity contribution is -0.169. The summed E-state index contributed by atoms with van der Waals surface area (Å²) in [5, 5.41) is 14.2. The average molecular weight is 668 g/mol. The highest BCUT2D eigenvalue weighted by molar-refractivity contribution is 6.08. The van der Waals surface area contributed by atoms with Crippen LogP contribution in [0.25, 0.3) is 10.8 Å². The number of hydrogen-bond donors (Lipinski definition) is 2. The van der Waals surface area contributed by atoms with Crippen LogP contribution in [0.2, 0.25) is 0 Å². The summed E-state index contributed by atoms with van der Waals surface area (Å²) in [6.45, 7) is 4.32. The first-order chi connectivity index (χ1) is 23.4. The molecule has 0 heterocycles. The summed E-state index contributed by atoms with van der Waals surface area (Å²) in [6, 6.07) is 25.8. The Balaban J connectivity index is 1.72. The van der Waals surface area contributed by atoms with Gasteiger partial charge in [-0.15, -0.1) is 0 Å². The van der Waals surface area contributed by atoms with Crippen LogP contribution in [0.4, 0.5) is 9.59 Å². The van der Waals surface area contributed by atoms with Crippen LogP contribution in [0.15, 0.2) is 103 Å². The number of alkyl carbamates (subject to hydrolysis) is 1. The molecular formula is C37H37N3O9. The monoisotopic (exact) mass is 667 g/mol. The summed E-state index contributed by atoms with van der Waals surface area (Å²) in [5.74, 6) is -4.81. The zero-order chi connectivity index (χ0) is 35.7. The first-order valence-corrected chi connectivity index (χ1v) is 15.4. The molecule has 254 valence electrons. The van der Waals surface area contributed by atoms with Gasteiger partial charge in [0.25, 0.3) is 11.8 Å². The Morgan fingerprint density at radius 3 is 1.84 bits per heavy atom. The van der Waals surface area contributed by atoms with Crippen molar-refractivity contribution in [3.63, 3.8) is 0 Å². The predicted molar refractivity (Wildman–Crippen MR) is 179 cm³/mol. The topological polar surface area (TPSA) is 160 Å². The molecule has 0 aliphatic rings. The Bertz CT molecular complexity index is 1840. The zero-order valence-corrected chi connectivity index (χ0v) is 27.5. The fourth-order valence-electron chi connectivity index (χ4n) is 5.37. The van der Waals surface area contributed by atoms with Crippen LogP contribution in [0.1, 0.15) is 44.4 Å². The zero-order valence-electron chi connectivity index (χ0n) is 27.5. The van der Waals surface area contributed by atoms with Crippen LogP contribution in [0.3, 0.4) is 0 Å². The number of ether oxygens (including phenoxy) is 2. The van der Waals surface area contributed by atoms with Crippen LogP contribution in [0.5, 0.6) is 0 Å². The summed E-state index contributed by atoms with van der Waals surface area (Å²) >= 11 is 0. The first kappa shape index (κ1) is 35.8. The molecule has 0 saturated carbocycles. The van der Waals surface area contributed by atoms with Gasteiger partial charge in [-0.05, 0) is 48.2 Å². The highest BCUT2D eigenvalue weighted by Gasteiger charge is 2.52. The number of carbonyl (C=O) groups excluding carboxylic acids is 5. The van der Waals surface area contributed by atoms with Crippen LogP contribution >= 0.6 is 0 Å². The Labute approximate surface area is 283 Å². The summed E-state index contributed by atoms with van der Waals surface area (Å²) in [6.07, 6.45) is -2.18. The first-order valence-electron chi connectivity index (χ1n) is 15.4. The van der Waals surface area contributed by atoms with E-state index in [2.05, 4.69) is 5.32 Å². The van der Waals surface area contributed by atoms with Crippen LogP contribution < -0.4 is 5.32 Å². The highest BCUT2D eigenvalue weighted by atomic mass is 16.6. The number of hydrogen-bond acceptors (Lipinski definition) is 8. The van der Waals surface area contributed by atoms with Gasteiger partial charge in [0.15, 0.2) is 5.54 Å². The standard InChI is InChI=1S/C37H37N3O9/c1-24(38-35(46)48-22-27-14-7-5-8-15-27)32(42)40(37(4,34(44)45)31-21-13-19-29-18-11-12-20-30(29)31)33(43)25(2)39(26(3)41)36(47)49-23-28-16-9-6-10-17-28/h5-21,24-25H,22-23H2,1-4H3,(H,38,46)(H,44,45)/t24-,25-,37+/m0/s1. The van der Waals surface area contributed by atoms with E-state index >= 15 is 0 Å². The molecule has 49 heavy (non-hydrogen) atoms. The Morgan fingerprint density at radius 1 is 0.735 bits per heavy atom. The number of carbonyl (C=O) groups is 6. The van der Waals surface area contributed by atoms with Gasteiger partial charge in [-0.25, -0.2) is 19.3 Å². The number of rotatable bonds is 11. The Kier molecular flexibility index (Phi) is 11.5. The molecule has 2 N–H and O–H groups in total. The molecule has 0 unspecified atom stereocenters. The molecule has 0 aliphatic heterocycles. The highest BCUT2D eigenvalue weighted by Crippen LogP contribution is 2.36. The summed E-state index contributed by atoms with van der Waals surface area (Å²) in [5.41, 5.74) is -1.03. The van der Waals surface area contributed by atoms with E-state index in [1.165, 1.54) is 26.8 Å². The van der Waals surface area contributed by atoms with Crippen molar-refractivity contribution >= 4 is 46.6 Å². The lowest BCUT2D eigenvalue weighted by Crippen LogP contribution is -2.64. The van der Waals surface area contributed by atoms with Crippen molar-refractivity contribution in [1.82, 2.24) is 15.1 Å². The molecule has 4 aromatic rings. The summed E-state index contributed by atoms with van der Waals surface area (Å²) in [4.78, 5) is 81.8. The molecule has 4 aromatic carbocycles. The number of amides is 5. The maximum absolute atomic E-state index is 14.5. The minimum atomic E-state index is -2.40. The van der Waals surface area contributed by atoms with Gasteiger partial charge < -0.3 is 19.9 Å². The van der Waals surface area contributed by atoms with Crippen LogP contribution in [-0.2, 0) is 47.4 Å². The molecule has 4 rings (SSSR count). The second kappa shape index (κ2) is 15.7. The van der Waals surface area contributed by atoms with Crippen molar-refractivity contribution in [2.24, 2.45) is 0 Å². The van der Waals surface area contributed by atoms with E-state index in [9.17, 15) is 33.9 Å². The van der Waals surface area contributed by atoms with Crippen molar-refractivity contribution in [3.05, 3.63) is 120 Å². The normalized spacial score (nSPS) is 13.2. The fraction of sp³-hybridized carbons (Fsp3) is 0.243. The van der Waals surface area contributed by atoms with Gasteiger partial charge in [-0.1, -0.05) is 103 Å². The second-order valence-corrected chi connectivity index (χ2v) is 11.4. The van der Waals surface area contributed by atoms with Gasteiger partial charge in [0.05, 0.1) is 0 Å². The van der Waals surface area contributed by atoms with E-state index in [1.807, 2.05) is 0 Å². The van der Waals surface area contributed by atoms with Gasteiger partial charge in [-0.3, -0.25) is 19.3 Å². The number of aliphatic carboxylic acids is 1. The molecule has 12 heteroatoms. The number of nitrogens with zero attached hydrogens (tertiary/aromatic N) is 2. The quantitative estimate of drug-likeness (QED) is 0.214. The minimum Gasteiger partial charge on any atom is -0.479 e. The predicted octanol–water partition coefficient (Wildman–Crippen LogP) is 5.38. The Hall–Kier alpha value is -6.04. The molecule has 0 aliphatic carbocycles. The molecule has 5 amide bonds. The van der Waals surface area contributed by atoms with Gasteiger partial charge in [0, 0.05) is 6.92 Å². The van der Waals surface area contributed by atoms with Crippen LogP contribution in [-0.4, -0.2) is 62.9 Å². The molecule has 3 atom stereocenters. The van der Waals surface area contributed by atoms with Crippen LogP contribution in [0, 0.1) is 0 Å². The number of carboxylic acid groups (broad SMARTS) is 1. The molecule has 0 saturated heterocycles. The van der Waals surface area contributed by atoms with E-state index in [0.29, 0.717) is 31.7 Å². The lowest BCUT2D eigenvalue weighted by atomic mass is 9.85. The molecule has 0 spiro atoms. The lowest BCUT2D eigenvalue weighted by Gasteiger charge is -2.41. The molecular weight excluding hydrogens is 630 g/mol. The van der Waals surface area contributed by atoms with E-state index in [4.69, 9.17) is 9.47 Å². The molecule has 12 nitrogen and oxygen atoms in total. The average Bonchev–Trinajstić information content (AvgIpc) is 3.10. The molecule has 0 radical (unpaired) electrons. The largest absolute Gasteiger partial charge is 0.479 e. The van der Waals surface area contributed by atoms with E-state index in [0.717, 1.165) is 6.92 Å². The molecule has 0 bridgehead atoms. The maximum atomic E-state index is 14.5. The van der Waals surface area contributed by atoms with Gasteiger partial charge in [0.2, 0.25) is 5.91 Å². The maximum Gasteiger partial charge on any atom is 0.417 e. The van der Waals surface area contributed by atoms with Crippen molar-refractivity contribution in [2.45, 2.75) is 58.5 Å². The van der Waals surface area contributed by atoms with E-state index in [-0.39, 0.29) is 18.8 Å². The SMILES string of the molecule is CC(=O)N(C(=O)OCc1ccccc1)[C@@H](C)C(=O)N(C(=O)[C@H](C)NC(=O)OCc1ccccc1)[C@@](C)(C(=O)O)c1cccc2ccccc12. The number of nitrogens with one attached hydrogen (secondary N) is 1. The summed E-state index contributed by atoms with van der Waals surface area (Å²) in [7, 11) is 0.